The minimum absolute atomic E-state index is 0.158. The maximum atomic E-state index is 11.2. The first-order valence-electron chi connectivity index (χ1n) is 6.03. The fourth-order valence-electron chi connectivity index (χ4n) is 2.02. The van der Waals surface area contributed by atoms with Gasteiger partial charge in [0.15, 0.2) is 0 Å². The Morgan fingerprint density at radius 1 is 1.45 bits per heavy atom. The molecule has 5 nitrogen and oxygen atoms in total. The number of carbonyl (C=O) groups is 1. The van der Waals surface area contributed by atoms with Crippen molar-refractivity contribution in [2.24, 2.45) is 0 Å². The van der Waals surface area contributed by atoms with Crippen molar-refractivity contribution in [2.45, 2.75) is 20.4 Å². The summed E-state index contributed by atoms with van der Waals surface area (Å²) in [6, 6.07) is 5.13. The lowest BCUT2D eigenvalue weighted by Crippen LogP contribution is -2.07. The number of carboxylic acid groups (broad SMARTS) is 1. The summed E-state index contributed by atoms with van der Waals surface area (Å²) < 4.78 is 7.86. The van der Waals surface area contributed by atoms with Crippen molar-refractivity contribution < 1.29 is 14.6 Å². The highest BCUT2D eigenvalue weighted by Gasteiger charge is 2.13. The number of hydrogen-bond acceptors (Lipinski definition) is 3. The summed E-state index contributed by atoms with van der Waals surface area (Å²) in [5.74, 6) is -0.644. The minimum atomic E-state index is -1.00. The van der Waals surface area contributed by atoms with Gasteiger partial charge in [0.1, 0.15) is 11.3 Å². The number of methoxy groups -OCH3 is 1. The molecule has 0 aliphatic heterocycles. The summed E-state index contributed by atoms with van der Waals surface area (Å²) in [7, 11) is 1.46. The number of rotatable bonds is 4. The molecule has 0 aliphatic rings. The fourth-order valence-corrected chi connectivity index (χ4v) is 2.31. The highest BCUT2D eigenvalue weighted by molar-refractivity contribution is 9.10. The number of aromatic carboxylic acids is 1. The molecule has 0 radical (unpaired) electrons. The summed E-state index contributed by atoms with van der Waals surface area (Å²) in [5, 5.41) is 13.6. The van der Waals surface area contributed by atoms with E-state index >= 15 is 0 Å². The number of nitrogens with zero attached hydrogens (tertiary/aromatic N) is 2. The van der Waals surface area contributed by atoms with Gasteiger partial charge in [0.05, 0.1) is 29.5 Å². The van der Waals surface area contributed by atoms with Crippen LogP contribution in [-0.4, -0.2) is 28.0 Å². The third-order valence-electron chi connectivity index (χ3n) is 3.12. The van der Waals surface area contributed by atoms with Crippen molar-refractivity contribution in [3.63, 3.8) is 0 Å². The Hall–Kier alpha value is -1.82. The molecule has 20 heavy (non-hydrogen) atoms. The SMILES string of the molecule is COc1ccc(Cn2nc(C)c(Br)c2C)cc1C(=O)O. The first-order valence-corrected chi connectivity index (χ1v) is 6.83. The lowest BCUT2D eigenvalue weighted by Gasteiger charge is -2.09. The molecule has 0 bridgehead atoms. The Kier molecular flexibility index (Phi) is 4.13. The first-order chi connectivity index (χ1) is 9.43. The Morgan fingerprint density at radius 2 is 2.15 bits per heavy atom. The molecule has 0 aliphatic carbocycles. The van der Waals surface area contributed by atoms with Crippen LogP contribution in [0.4, 0.5) is 0 Å². The summed E-state index contributed by atoms with van der Waals surface area (Å²) in [6.07, 6.45) is 0. The van der Waals surface area contributed by atoms with Gasteiger partial charge < -0.3 is 9.84 Å². The molecule has 0 saturated carbocycles. The summed E-state index contributed by atoms with van der Waals surface area (Å²) in [6.45, 7) is 4.40. The third kappa shape index (κ3) is 2.70. The van der Waals surface area contributed by atoms with Crippen LogP contribution in [0.1, 0.15) is 27.3 Å². The van der Waals surface area contributed by atoms with E-state index in [4.69, 9.17) is 4.74 Å². The second-order valence-corrected chi connectivity index (χ2v) is 5.28. The number of carboxylic acids is 1. The normalized spacial score (nSPS) is 10.6. The molecular formula is C14H15BrN2O3. The third-order valence-corrected chi connectivity index (χ3v) is 4.27. The van der Waals surface area contributed by atoms with Crippen molar-refractivity contribution in [3.8, 4) is 5.75 Å². The van der Waals surface area contributed by atoms with Crippen molar-refractivity contribution >= 4 is 21.9 Å². The van der Waals surface area contributed by atoms with Crippen LogP contribution in [0.5, 0.6) is 5.75 Å². The molecule has 0 amide bonds. The first kappa shape index (κ1) is 14.6. The molecule has 0 atom stereocenters. The van der Waals surface area contributed by atoms with Gasteiger partial charge in [0.2, 0.25) is 0 Å². The van der Waals surface area contributed by atoms with Gasteiger partial charge in [-0.1, -0.05) is 6.07 Å². The summed E-state index contributed by atoms with van der Waals surface area (Å²) >= 11 is 3.48. The number of aromatic nitrogens is 2. The Labute approximate surface area is 125 Å². The van der Waals surface area contributed by atoms with Crippen LogP contribution in [0.15, 0.2) is 22.7 Å². The number of hydrogen-bond donors (Lipinski definition) is 1. The second-order valence-electron chi connectivity index (χ2n) is 4.48. The smallest absolute Gasteiger partial charge is 0.339 e. The quantitative estimate of drug-likeness (QED) is 0.930. The van der Waals surface area contributed by atoms with Crippen LogP contribution < -0.4 is 4.74 Å². The standard InChI is InChI=1S/C14H15BrN2O3/c1-8-13(15)9(2)17(16-8)7-10-4-5-12(20-3)11(6-10)14(18)19/h4-6H,7H2,1-3H3,(H,18,19). The van der Waals surface area contributed by atoms with Crippen LogP contribution in [0.2, 0.25) is 0 Å². The van der Waals surface area contributed by atoms with E-state index in [1.54, 1.807) is 12.1 Å². The number of benzene rings is 1. The summed E-state index contributed by atoms with van der Waals surface area (Å²) in [4.78, 5) is 11.2. The fraction of sp³-hybridized carbons (Fsp3) is 0.286. The van der Waals surface area contributed by atoms with E-state index in [1.807, 2.05) is 24.6 Å². The molecule has 0 spiro atoms. The monoisotopic (exact) mass is 338 g/mol. The van der Waals surface area contributed by atoms with E-state index in [1.165, 1.54) is 7.11 Å². The average Bonchev–Trinajstić information content (AvgIpc) is 2.66. The van der Waals surface area contributed by atoms with E-state index in [2.05, 4.69) is 21.0 Å². The average molecular weight is 339 g/mol. The van der Waals surface area contributed by atoms with E-state index in [-0.39, 0.29) is 5.56 Å². The van der Waals surface area contributed by atoms with Crippen LogP contribution >= 0.6 is 15.9 Å². The molecule has 2 aromatic rings. The molecule has 6 heteroatoms. The predicted octanol–water partition coefficient (Wildman–Crippen LogP) is 3.02. The molecule has 1 aromatic heterocycles. The predicted molar refractivity (Wildman–Crippen MR) is 78.5 cm³/mol. The van der Waals surface area contributed by atoms with Gasteiger partial charge in [-0.2, -0.15) is 5.10 Å². The van der Waals surface area contributed by atoms with E-state index in [9.17, 15) is 9.90 Å². The summed E-state index contributed by atoms with van der Waals surface area (Å²) in [5.41, 5.74) is 2.94. The van der Waals surface area contributed by atoms with Gasteiger partial charge in [-0.15, -0.1) is 0 Å². The Morgan fingerprint density at radius 3 is 2.65 bits per heavy atom. The zero-order valence-electron chi connectivity index (χ0n) is 11.5. The largest absolute Gasteiger partial charge is 0.496 e. The van der Waals surface area contributed by atoms with Crippen molar-refractivity contribution in [1.29, 1.82) is 0 Å². The number of halogens is 1. The van der Waals surface area contributed by atoms with Gasteiger partial charge >= 0.3 is 5.97 Å². The molecule has 0 unspecified atom stereocenters. The maximum Gasteiger partial charge on any atom is 0.339 e. The minimum Gasteiger partial charge on any atom is -0.496 e. The Bertz CT molecular complexity index is 665. The van der Waals surface area contributed by atoms with Gasteiger partial charge in [0.25, 0.3) is 0 Å². The van der Waals surface area contributed by atoms with Gasteiger partial charge in [0, 0.05) is 0 Å². The second kappa shape index (κ2) is 5.66. The zero-order valence-corrected chi connectivity index (χ0v) is 13.1. The van der Waals surface area contributed by atoms with E-state index in [0.717, 1.165) is 21.4 Å². The topological polar surface area (TPSA) is 64.4 Å². The van der Waals surface area contributed by atoms with Gasteiger partial charge in [-0.05, 0) is 47.5 Å². The van der Waals surface area contributed by atoms with Gasteiger partial charge in [-0.3, -0.25) is 4.68 Å². The lowest BCUT2D eigenvalue weighted by molar-refractivity contribution is 0.0693. The van der Waals surface area contributed by atoms with E-state index < -0.39 is 5.97 Å². The van der Waals surface area contributed by atoms with Crippen LogP contribution in [0.3, 0.4) is 0 Å². The highest BCUT2D eigenvalue weighted by Crippen LogP contribution is 2.23. The molecule has 1 N–H and O–H groups in total. The van der Waals surface area contributed by atoms with Crippen molar-refractivity contribution in [3.05, 3.63) is 45.2 Å². The maximum absolute atomic E-state index is 11.2. The molecular weight excluding hydrogens is 324 g/mol. The molecule has 106 valence electrons. The highest BCUT2D eigenvalue weighted by atomic mass is 79.9. The number of aryl methyl sites for hydroxylation is 1. The lowest BCUT2D eigenvalue weighted by atomic mass is 10.1. The van der Waals surface area contributed by atoms with E-state index in [0.29, 0.717) is 12.3 Å². The molecule has 1 heterocycles. The number of ether oxygens (including phenoxy) is 1. The van der Waals surface area contributed by atoms with Crippen molar-refractivity contribution in [2.75, 3.05) is 7.11 Å². The van der Waals surface area contributed by atoms with Crippen LogP contribution in [-0.2, 0) is 6.54 Å². The van der Waals surface area contributed by atoms with Crippen LogP contribution in [0.25, 0.3) is 0 Å². The van der Waals surface area contributed by atoms with Crippen LogP contribution in [0, 0.1) is 13.8 Å². The molecule has 0 fully saturated rings. The zero-order chi connectivity index (χ0) is 14.9. The molecule has 2 rings (SSSR count). The van der Waals surface area contributed by atoms with Crippen molar-refractivity contribution in [1.82, 2.24) is 9.78 Å². The Balaban J connectivity index is 2.36. The van der Waals surface area contributed by atoms with Gasteiger partial charge in [-0.25, -0.2) is 4.79 Å². The molecule has 0 saturated heterocycles. The molecule has 1 aromatic carbocycles.